The lowest BCUT2D eigenvalue weighted by Crippen LogP contribution is -2.38. The van der Waals surface area contributed by atoms with Gasteiger partial charge in [0, 0.05) is 5.56 Å². The molecule has 7 nitrogen and oxygen atoms in total. The highest BCUT2D eigenvalue weighted by Gasteiger charge is 2.25. The number of hydrogen-bond acceptors (Lipinski definition) is 6. The molecule has 0 radical (unpaired) electrons. The summed E-state index contributed by atoms with van der Waals surface area (Å²) in [7, 11) is -3.98. The van der Waals surface area contributed by atoms with Crippen molar-refractivity contribution >= 4 is 27.5 Å². The van der Waals surface area contributed by atoms with Gasteiger partial charge in [0.15, 0.2) is 5.82 Å². The number of rotatable bonds is 5. The predicted octanol–water partition coefficient (Wildman–Crippen LogP) is 0.957. The number of sulfonamides is 1. The smallest absolute Gasteiger partial charge is 0.321 e. The molecule has 0 aliphatic rings. The third kappa shape index (κ3) is 3.18. The summed E-state index contributed by atoms with van der Waals surface area (Å²) in [5.74, 6) is -0.972. The molecule has 0 spiro atoms. The normalized spacial score (nSPS) is 13.1. The summed E-state index contributed by atoms with van der Waals surface area (Å²) >= 11 is 0.701. The number of nitrogens with one attached hydrogen (secondary N) is 1. The molecular weight excluding hydrogens is 302 g/mol. The Morgan fingerprint density at radius 2 is 2.00 bits per heavy atom. The van der Waals surface area contributed by atoms with E-state index in [0.29, 0.717) is 22.9 Å². The summed E-state index contributed by atoms with van der Waals surface area (Å²) in [4.78, 5) is 14.6. The first-order valence-electron chi connectivity index (χ1n) is 5.54. The molecule has 20 heavy (non-hydrogen) atoms. The van der Waals surface area contributed by atoms with Crippen molar-refractivity contribution in [3.05, 3.63) is 30.3 Å². The lowest BCUT2D eigenvalue weighted by molar-refractivity contribution is -0.138. The molecule has 0 saturated heterocycles. The molecular formula is C11H11N3O4S2. The molecule has 9 heteroatoms. The lowest BCUT2D eigenvalue weighted by Gasteiger charge is -2.06. The van der Waals surface area contributed by atoms with E-state index in [1.807, 2.05) is 10.8 Å². The van der Waals surface area contributed by atoms with Crippen LogP contribution in [0.4, 0.5) is 0 Å². The maximum absolute atomic E-state index is 11.9. The van der Waals surface area contributed by atoms with Crippen LogP contribution in [0.3, 0.4) is 0 Å². The molecule has 1 aromatic heterocycles. The van der Waals surface area contributed by atoms with E-state index in [1.54, 1.807) is 24.3 Å². The Labute approximate surface area is 119 Å². The summed E-state index contributed by atoms with van der Waals surface area (Å²) < 4.78 is 29.6. The lowest BCUT2D eigenvalue weighted by atomic mass is 10.2. The number of aromatic nitrogens is 2. The molecule has 0 aliphatic heterocycles. The highest BCUT2D eigenvalue weighted by molar-refractivity contribution is 7.91. The van der Waals surface area contributed by atoms with E-state index in [9.17, 15) is 13.2 Å². The van der Waals surface area contributed by atoms with Gasteiger partial charge < -0.3 is 5.11 Å². The van der Waals surface area contributed by atoms with Crippen molar-refractivity contribution in [1.29, 1.82) is 0 Å². The van der Waals surface area contributed by atoms with E-state index in [0.717, 1.165) is 0 Å². The molecule has 2 rings (SSSR count). The zero-order valence-electron chi connectivity index (χ0n) is 10.3. The largest absolute Gasteiger partial charge is 0.480 e. The second-order valence-corrected chi connectivity index (χ2v) is 6.57. The van der Waals surface area contributed by atoms with Gasteiger partial charge in [-0.2, -0.15) is 9.10 Å². The SMILES string of the molecule is C[C@@H](NS(=O)(=O)c1nc(-c2ccccc2)ns1)C(=O)O. The molecule has 0 amide bonds. The second kappa shape index (κ2) is 5.65. The number of carboxylic acid groups (broad SMARTS) is 1. The Hall–Kier alpha value is -1.84. The highest BCUT2D eigenvalue weighted by Crippen LogP contribution is 2.20. The second-order valence-electron chi connectivity index (χ2n) is 3.93. The van der Waals surface area contributed by atoms with Gasteiger partial charge in [0.05, 0.1) is 0 Å². The molecule has 0 unspecified atom stereocenters. The minimum atomic E-state index is -3.98. The average molecular weight is 313 g/mol. The van der Waals surface area contributed by atoms with Crippen LogP contribution in [0.2, 0.25) is 0 Å². The average Bonchev–Trinajstić information content (AvgIpc) is 2.89. The highest BCUT2D eigenvalue weighted by atomic mass is 32.2. The Balaban J connectivity index is 2.27. The van der Waals surface area contributed by atoms with E-state index in [1.165, 1.54) is 6.92 Å². The Kier molecular flexibility index (Phi) is 4.12. The van der Waals surface area contributed by atoms with Crippen LogP contribution >= 0.6 is 11.5 Å². The van der Waals surface area contributed by atoms with Gasteiger partial charge in [0.2, 0.25) is 4.34 Å². The molecule has 0 aliphatic carbocycles. The molecule has 2 aromatic rings. The van der Waals surface area contributed by atoms with Gasteiger partial charge in [-0.15, -0.1) is 0 Å². The van der Waals surface area contributed by atoms with E-state index in [2.05, 4.69) is 9.36 Å². The number of benzene rings is 1. The van der Waals surface area contributed by atoms with Crippen LogP contribution in [0, 0.1) is 0 Å². The van der Waals surface area contributed by atoms with Crippen LogP contribution in [0.15, 0.2) is 34.7 Å². The van der Waals surface area contributed by atoms with Gasteiger partial charge in [-0.05, 0) is 18.5 Å². The zero-order valence-corrected chi connectivity index (χ0v) is 12.0. The first-order valence-corrected chi connectivity index (χ1v) is 7.80. The van der Waals surface area contributed by atoms with Gasteiger partial charge in [0.25, 0.3) is 10.0 Å². The first kappa shape index (κ1) is 14.6. The van der Waals surface area contributed by atoms with Gasteiger partial charge in [-0.3, -0.25) is 4.79 Å². The number of carbonyl (C=O) groups is 1. The molecule has 0 fully saturated rings. The van der Waals surface area contributed by atoms with E-state index >= 15 is 0 Å². The topological polar surface area (TPSA) is 109 Å². The summed E-state index contributed by atoms with van der Waals surface area (Å²) in [6.45, 7) is 1.24. The van der Waals surface area contributed by atoms with Crippen LogP contribution in [0.5, 0.6) is 0 Å². The van der Waals surface area contributed by atoms with Crippen LogP contribution in [0.25, 0.3) is 11.4 Å². The van der Waals surface area contributed by atoms with Gasteiger partial charge >= 0.3 is 5.97 Å². The van der Waals surface area contributed by atoms with Crippen LogP contribution in [-0.4, -0.2) is 34.9 Å². The zero-order chi connectivity index (χ0) is 14.8. The van der Waals surface area contributed by atoms with Crippen LogP contribution in [0.1, 0.15) is 6.92 Å². The molecule has 0 saturated carbocycles. The van der Waals surface area contributed by atoms with Crippen molar-refractivity contribution in [2.75, 3.05) is 0 Å². The summed E-state index contributed by atoms with van der Waals surface area (Å²) in [5.41, 5.74) is 0.691. The predicted molar refractivity (Wildman–Crippen MR) is 72.8 cm³/mol. The third-order valence-electron chi connectivity index (χ3n) is 2.37. The number of aliphatic carboxylic acids is 1. The summed E-state index contributed by atoms with van der Waals surface area (Å²) in [6, 6.07) is 7.68. The summed E-state index contributed by atoms with van der Waals surface area (Å²) in [6.07, 6.45) is 0. The van der Waals surface area contributed by atoms with Gasteiger partial charge in [0.1, 0.15) is 6.04 Å². The van der Waals surface area contributed by atoms with Crippen molar-refractivity contribution in [2.24, 2.45) is 0 Å². The Morgan fingerprint density at radius 3 is 2.60 bits per heavy atom. The number of hydrogen-bond donors (Lipinski definition) is 2. The van der Waals surface area contributed by atoms with Crippen LogP contribution in [-0.2, 0) is 14.8 Å². The third-order valence-corrected chi connectivity index (χ3v) is 4.98. The maximum atomic E-state index is 11.9. The quantitative estimate of drug-likeness (QED) is 0.851. The van der Waals surface area contributed by atoms with E-state index < -0.39 is 22.0 Å². The van der Waals surface area contributed by atoms with Gasteiger partial charge in [-0.1, -0.05) is 30.3 Å². The molecule has 0 bridgehead atoms. The van der Waals surface area contributed by atoms with E-state index in [4.69, 9.17) is 5.11 Å². The van der Waals surface area contributed by atoms with E-state index in [-0.39, 0.29) is 4.34 Å². The van der Waals surface area contributed by atoms with Crippen molar-refractivity contribution in [3.63, 3.8) is 0 Å². The van der Waals surface area contributed by atoms with Gasteiger partial charge in [-0.25, -0.2) is 13.4 Å². The minimum Gasteiger partial charge on any atom is -0.480 e. The molecule has 1 atom stereocenters. The molecule has 1 heterocycles. The monoisotopic (exact) mass is 313 g/mol. The number of nitrogens with zero attached hydrogens (tertiary/aromatic N) is 2. The fourth-order valence-electron chi connectivity index (χ4n) is 1.36. The van der Waals surface area contributed by atoms with Crippen molar-refractivity contribution in [1.82, 2.24) is 14.1 Å². The Bertz CT molecular complexity index is 712. The van der Waals surface area contributed by atoms with Crippen molar-refractivity contribution in [2.45, 2.75) is 17.3 Å². The molecule has 2 N–H and O–H groups in total. The standard InChI is InChI=1S/C11H11N3O4S2/c1-7(10(15)16)14-20(17,18)11-12-9(13-19-11)8-5-3-2-4-6-8/h2-7,14H,1H3,(H,15,16)/t7-/m1/s1. The number of carboxylic acids is 1. The molecule has 106 valence electrons. The first-order chi connectivity index (χ1) is 9.40. The Morgan fingerprint density at radius 1 is 1.35 bits per heavy atom. The molecule has 1 aromatic carbocycles. The maximum Gasteiger partial charge on any atom is 0.321 e. The summed E-state index contributed by atoms with van der Waals surface area (Å²) in [5, 5.41) is 8.72. The van der Waals surface area contributed by atoms with Crippen molar-refractivity contribution < 1.29 is 18.3 Å². The fraction of sp³-hybridized carbons (Fsp3) is 0.182. The van der Waals surface area contributed by atoms with Crippen molar-refractivity contribution in [3.8, 4) is 11.4 Å². The van der Waals surface area contributed by atoms with Crippen LogP contribution < -0.4 is 4.72 Å². The fourth-order valence-corrected chi connectivity index (χ4v) is 3.32. The minimum absolute atomic E-state index is 0.260.